The summed E-state index contributed by atoms with van der Waals surface area (Å²) in [7, 11) is 0. The Hall–Kier alpha value is -2.60. The molecule has 0 fully saturated rings. The van der Waals surface area contributed by atoms with E-state index in [0.29, 0.717) is 16.1 Å². The molecule has 6 heteroatoms. The number of hydrogen-bond acceptors (Lipinski definition) is 4. The minimum absolute atomic E-state index is 0.0509. The number of rotatable bonds is 7. The highest BCUT2D eigenvalue weighted by Crippen LogP contribution is 2.22. The zero-order chi connectivity index (χ0) is 21.0. The Bertz CT molecular complexity index is 1090. The normalized spacial score (nSPS) is 12.1. The predicted molar refractivity (Wildman–Crippen MR) is 120 cm³/mol. The van der Waals surface area contributed by atoms with Gasteiger partial charge in [-0.2, -0.15) is 0 Å². The number of aryl methyl sites for hydroxylation is 2. The lowest BCUT2D eigenvalue weighted by Gasteiger charge is -2.15. The molecule has 152 valence electrons. The SMILES string of the molecule is CCCC(C)NC(=O)CSc1nc2ccccc2c(=O)n1-c1ccc(C)c(C)c1. The van der Waals surface area contributed by atoms with E-state index in [9.17, 15) is 9.59 Å². The van der Waals surface area contributed by atoms with E-state index in [1.54, 1.807) is 10.6 Å². The van der Waals surface area contributed by atoms with E-state index in [-0.39, 0.29) is 23.3 Å². The lowest BCUT2D eigenvalue weighted by atomic mass is 10.1. The number of nitrogens with one attached hydrogen (secondary N) is 1. The van der Waals surface area contributed by atoms with Crippen LogP contribution in [-0.4, -0.2) is 27.3 Å². The van der Waals surface area contributed by atoms with Crippen LogP contribution in [0.5, 0.6) is 0 Å². The maximum atomic E-state index is 13.3. The van der Waals surface area contributed by atoms with E-state index < -0.39 is 0 Å². The Balaban J connectivity index is 2.00. The average Bonchev–Trinajstić information content (AvgIpc) is 2.69. The fourth-order valence-electron chi connectivity index (χ4n) is 3.25. The molecule has 0 bridgehead atoms. The molecule has 0 aliphatic rings. The second-order valence-electron chi connectivity index (χ2n) is 7.37. The minimum atomic E-state index is -0.124. The van der Waals surface area contributed by atoms with Crippen LogP contribution < -0.4 is 10.9 Å². The Kier molecular flexibility index (Phi) is 6.75. The number of nitrogens with zero attached hydrogens (tertiary/aromatic N) is 2. The van der Waals surface area contributed by atoms with Crippen molar-refractivity contribution in [2.45, 2.75) is 51.7 Å². The fraction of sp³-hybridized carbons (Fsp3) is 0.348. The van der Waals surface area contributed by atoms with Crippen LogP contribution in [0.3, 0.4) is 0 Å². The molecule has 0 spiro atoms. The van der Waals surface area contributed by atoms with E-state index >= 15 is 0 Å². The van der Waals surface area contributed by atoms with Crippen molar-refractivity contribution in [3.63, 3.8) is 0 Å². The molecule has 2 aromatic carbocycles. The van der Waals surface area contributed by atoms with Crippen molar-refractivity contribution in [2.24, 2.45) is 0 Å². The minimum Gasteiger partial charge on any atom is -0.353 e. The highest BCUT2D eigenvalue weighted by molar-refractivity contribution is 7.99. The summed E-state index contributed by atoms with van der Waals surface area (Å²) >= 11 is 1.29. The van der Waals surface area contributed by atoms with Crippen LogP contribution in [0.2, 0.25) is 0 Å². The van der Waals surface area contributed by atoms with E-state index in [2.05, 4.69) is 12.2 Å². The Morgan fingerprint density at radius 3 is 2.66 bits per heavy atom. The van der Waals surface area contributed by atoms with Gasteiger partial charge >= 0.3 is 0 Å². The molecule has 0 aliphatic carbocycles. The topological polar surface area (TPSA) is 64.0 Å². The van der Waals surface area contributed by atoms with Crippen LogP contribution in [-0.2, 0) is 4.79 Å². The molecule has 3 rings (SSSR count). The van der Waals surface area contributed by atoms with Gasteiger partial charge in [-0.05, 0) is 62.6 Å². The molecule has 0 radical (unpaired) electrons. The van der Waals surface area contributed by atoms with Crippen LogP contribution in [0.15, 0.2) is 52.4 Å². The molecule has 0 aliphatic heterocycles. The first kappa shape index (κ1) is 21.1. The molecule has 1 unspecified atom stereocenters. The lowest BCUT2D eigenvalue weighted by Crippen LogP contribution is -2.34. The Morgan fingerprint density at radius 2 is 1.93 bits per heavy atom. The molecule has 0 saturated heterocycles. The van der Waals surface area contributed by atoms with Crippen molar-refractivity contribution >= 4 is 28.6 Å². The second kappa shape index (κ2) is 9.27. The third kappa shape index (κ3) is 4.88. The van der Waals surface area contributed by atoms with E-state index in [1.807, 2.05) is 57.2 Å². The molecular weight excluding hydrogens is 382 g/mol. The van der Waals surface area contributed by atoms with Gasteiger partial charge in [0.25, 0.3) is 5.56 Å². The molecule has 5 nitrogen and oxygen atoms in total. The molecule has 0 saturated carbocycles. The second-order valence-corrected chi connectivity index (χ2v) is 8.31. The summed E-state index contributed by atoms with van der Waals surface area (Å²) in [6.07, 6.45) is 1.96. The summed E-state index contributed by atoms with van der Waals surface area (Å²) < 4.78 is 1.61. The quantitative estimate of drug-likeness (QED) is 0.464. The zero-order valence-electron chi connectivity index (χ0n) is 17.4. The van der Waals surface area contributed by atoms with Crippen molar-refractivity contribution < 1.29 is 4.79 Å². The van der Waals surface area contributed by atoms with Gasteiger partial charge in [0.05, 0.1) is 22.3 Å². The van der Waals surface area contributed by atoms with Crippen LogP contribution in [0.25, 0.3) is 16.6 Å². The smallest absolute Gasteiger partial charge is 0.266 e. The van der Waals surface area contributed by atoms with Crippen molar-refractivity contribution in [2.75, 3.05) is 5.75 Å². The third-order valence-electron chi connectivity index (χ3n) is 4.96. The van der Waals surface area contributed by atoms with E-state index in [0.717, 1.165) is 29.7 Å². The maximum Gasteiger partial charge on any atom is 0.266 e. The zero-order valence-corrected chi connectivity index (χ0v) is 18.2. The van der Waals surface area contributed by atoms with Crippen LogP contribution >= 0.6 is 11.8 Å². The van der Waals surface area contributed by atoms with Gasteiger partial charge in [0.1, 0.15) is 0 Å². The van der Waals surface area contributed by atoms with Crippen molar-refractivity contribution in [3.05, 3.63) is 63.9 Å². The van der Waals surface area contributed by atoms with Crippen LogP contribution in [0.1, 0.15) is 37.8 Å². The summed E-state index contributed by atoms with van der Waals surface area (Å²) in [5.41, 5.74) is 3.54. The standard InChI is InChI=1S/C23H27N3O2S/c1-5-8-17(4)24-21(27)14-29-23-25-20-10-7-6-9-19(20)22(28)26(23)18-12-11-15(2)16(3)13-18/h6-7,9-13,17H,5,8,14H2,1-4H3,(H,24,27). The van der Waals surface area contributed by atoms with E-state index in [4.69, 9.17) is 4.98 Å². The number of carbonyl (C=O) groups excluding carboxylic acids is 1. The average molecular weight is 410 g/mol. The molecule has 1 heterocycles. The Morgan fingerprint density at radius 1 is 1.17 bits per heavy atom. The number of fused-ring (bicyclic) bond motifs is 1. The summed E-state index contributed by atoms with van der Waals surface area (Å²) in [5, 5.41) is 4.09. The molecule has 1 aromatic heterocycles. The summed E-state index contributed by atoms with van der Waals surface area (Å²) in [6, 6.07) is 13.4. The summed E-state index contributed by atoms with van der Waals surface area (Å²) in [4.78, 5) is 30.3. The molecular formula is C23H27N3O2S. The van der Waals surface area contributed by atoms with Gasteiger partial charge in [-0.25, -0.2) is 4.98 Å². The number of amides is 1. The van der Waals surface area contributed by atoms with Crippen molar-refractivity contribution in [3.8, 4) is 5.69 Å². The first-order chi connectivity index (χ1) is 13.9. The van der Waals surface area contributed by atoms with Crippen LogP contribution in [0, 0.1) is 13.8 Å². The molecule has 1 atom stereocenters. The van der Waals surface area contributed by atoms with Gasteiger partial charge in [0, 0.05) is 6.04 Å². The number of benzene rings is 2. The van der Waals surface area contributed by atoms with Gasteiger partial charge in [-0.1, -0.05) is 43.3 Å². The van der Waals surface area contributed by atoms with Crippen molar-refractivity contribution in [1.82, 2.24) is 14.9 Å². The number of thioether (sulfide) groups is 1. The fourth-order valence-corrected chi connectivity index (χ4v) is 4.08. The largest absolute Gasteiger partial charge is 0.353 e. The Labute approximate surface area is 175 Å². The number of para-hydroxylation sites is 1. The van der Waals surface area contributed by atoms with Gasteiger partial charge in [-0.15, -0.1) is 0 Å². The molecule has 3 aromatic rings. The number of carbonyl (C=O) groups is 1. The van der Waals surface area contributed by atoms with Gasteiger partial charge in [0.2, 0.25) is 5.91 Å². The highest BCUT2D eigenvalue weighted by atomic mass is 32.2. The monoisotopic (exact) mass is 409 g/mol. The highest BCUT2D eigenvalue weighted by Gasteiger charge is 2.16. The van der Waals surface area contributed by atoms with Gasteiger partial charge < -0.3 is 5.32 Å². The van der Waals surface area contributed by atoms with Crippen LogP contribution in [0.4, 0.5) is 0 Å². The third-order valence-corrected chi connectivity index (χ3v) is 5.89. The number of hydrogen-bond donors (Lipinski definition) is 1. The predicted octanol–water partition coefficient (Wildman–Crippen LogP) is 4.40. The van der Waals surface area contributed by atoms with Gasteiger partial charge in [-0.3, -0.25) is 14.2 Å². The molecule has 1 amide bonds. The first-order valence-corrected chi connectivity index (χ1v) is 10.9. The lowest BCUT2D eigenvalue weighted by molar-refractivity contribution is -0.119. The molecule has 29 heavy (non-hydrogen) atoms. The van der Waals surface area contributed by atoms with E-state index in [1.165, 1.54) is 11.8 Å². The first-order valence-electron chi connectivity index (χ1n) is 9.92. The maximum absolute atomic E-state index is 13.3. The summed E-state index contributed by atoms with van der Waals surface area (Å²) in [5.74, 6) is 0.161. The molecule has 1 N–H and O–H groups in total. The number of aromatic nitrogens is 2. The van der Waals surface area contributed by atoms with Crippen molar-refractivity contribution in [1.29, 1.82) is 0 Å². The summed E-state index contributed by atoms with van der Waals surface area (Å²) in [6.45, 7) is 8.16. The van der Waals surface area contributed by atoms with Gasteiger partial charge in [0.15, 0.2) is 5.16 Å².